The zero-order valence-corrected chi connectivity index (χ0v) is 19.4. The number of hydrogen-bond acceptors (Lipinski definition) is 6. The molecule has 0 aliphatic carbocycles. The maximum atomic E-state index is 12.6. The van der Waals surface area contributed by atoms with E-state index >= 15 is 0 Å². The molecule has 0 atom stereocenters. The lowest BCUT2D eigenvalue weighted by molar-refractivity contribution is -0.146. The fraction of sp³-hybridized carbons (Fsp3) is 0.154. The third-order valence-corrected chi connectivity index (χ3v) is 4.95. The Morgan fingerprint density at radius 1 is 0.943 bits per heavy atom. The van der Waals surface area contributed by atoms with Gasteiger partial charge in [-0.05, 0) is 54.6 Å². The van der Waals surface area contributed by atoms with E-state index in [1.165, 1.54) is 4.90 Å². The third-order valence-electron chi connectivity index (χ3n) is 4.71. The number of nitriles is 1. The lowest BCUT2D eigenvalue weighted by Gasteiger charge is -2.21. The van der Waals surface area contributed by atoms with E-state index in [0.717, 1.165) is 0 Å². The molecule has 0 fully saturated rings. The summed E-state index contributed by atoms with van der Waals surface area (Å²) >= 11 is 5.99. The fourth-order valence-corrected chi connectivity index (χ4v) is 3.21. The van der Waals surface area contributed by atoms with Crippen molar-refractivity contribution in [3.63, 3.8) is 0 Å². The van der Waals surface area contributed by atoms with Crippen molar-refractivity contribution < 1.29 is 23.9 Å². The lowest BCUT2D eigenvalue weighted by atomic mass is 10.2. The summed E-state index contributed by atoms with van der Waals surface area (Å²) < 4.78 is 10.7. The van der Waals surface area contributed by atoms with Crippen molar-refractivity contribution in [2.75, 3.05) is 24.6 Å². The molecule has 0 spiro atoms. The van der Waals surface area contributed by atoms with E-state index < -0.39 is 30.9 Å². The summed E-state index contributed by atoms with van der Waals surface area (Å²) in [5, 5.41) is 11.7. The first-order valence-corrected chi connectivity index (χ1v) is 11.0. The Balaban J connectivity index is 1.47. The van der Waals surface area contributed by atoms with Gasteiger partial charge in [0, 0.05) is 22.8 Å². The summed E-state index contributed by atoms with van der Waals surface area (Å²) in [6.45, 7) is -0.837. The number of para-hydroxylation sites is 1. The second-order valence-electron chi connectivity index (χ2n) is 7.22. The first kappa shape index (κ1) is 25.3. The Labute approximate surface area is 207 Å². The molecule has 178 valence electrons. The molecule has 3 rings (SSSR count). The number of nitrogens with zero attached hydrogens (tertiary/aromatic N) is 2. The third kappa shape index (κ3) is 7.88. The van der Waals surface area contributed by atoms with Crippen LogP contribution in [0.3, 0.4) is 0 Å². The van der Waals surface area contributed by atoms with Crippen molar-refractivity contribution in [2.24, 2.45) is 0 Å². The van der Waals surface area contributed by atoms with Crippen LogP contribution in [0.1, 0.15) is 16.8 Å². The van der Waals surface area contributed by atoms with Gasteiger partial charge in [-0.2, -0.15) is 5.26 Å². The fourth-order valence-electron chi connectivity index (χ4n) is 3.03. The number of ether oxygens (including phenoxy) is 2. The zero-order chi connectivity index (χ0) is 25.0. The Morgan fingerprint density at radius 3 is 2.34 bits per heavy atom. The minimum atomic E-state index is -0.776. The Bertz CT molecular complexity index is 1210. The lowest BCUT2D eigenvalue weighted by Crippen LogP contribution is -2.37. The molecule has 1 N–H and O–H groups in total. The van der Waals surface area contributed by atoms with Gasteiger partial charge in [-0.15, -0.1) is 0 Å². The van der Waals surface area contributed by atoms with Crippen LogP contribution in [0.4, 0.5) is 5.69 Å². The summed E-state index contributed by atoms with van der Waals surface area (Å²) in [5.74, 6) is -0.540. The number of rotatable bonds is 10. The molecule has 3 aromatic rings. The Kier molecular flexibility index (Phi) is 9.22. The molecule has 0 bridgehead atoms. The highest BCUT2D eigenvalue weighted by Crippen LogP contribution is 2.21. The molecule has 0 saturated carbocycles. The average molecular weight is 492 g/mol. The van der Waals surface area contributed by atoms with E-state index in [2.05, 4.69) is 5.32 Å². The van der Waals surface area contributed by atoms with Crippen LogP contribution in [0.25, 0.3) is 0 Å². The molecule has 0 unspecified atom stereocenters. The van der Waals surface area contributed by atoms with Gasteiger partial charge in [0.05, 0.1) is 12.5 Å². The topological polar surface area (TPSA) is 109 Å². The van der Waals surface area contributed by atoms with Gasteiger partial charge in [0.15, 0.2) is 6.61 Å². The Morgan fingerprint density at radius 2 is 1.66 bits per heavy atom. The van der Waals surface area contributed by atoms with E-state index in [-0.39, 0.29) is 13.0 Å². The molecule has 2 amide bonds. The number of nitrogens with one attached hydrogen (secondary N) is 1. The largest absolute Gasteiger partial charge is 0.457 e. The van der Waals surface area contributed by atoms with Gasteiger partial charge in [0.25, 0.3) is 11.8 Å². The molecule has 0 aliphatic rings. The number of benzene rings is 3. The molecular weight excluding hydrogens is 470 g/mol. The predicted molar refractivity (Wildman–Crippen MR) is 130 cm³/mol. The van der Waals surface area contributed by atoms with Crippen LogP contribution in [0.5, 0.6) is 11.5 Å². The van der Waals surface area contributed by atoms with Crippen LogP contribution in [-0.4, -0.2) is 37.5 Å². The van der Waals surface area contributed by atoms with E-state index in [4.69, 9.17) is 26.3 Å². The molecular formula is C26H22ClN3O5. The van der Waals surface area contributed by atoms with Crippen LogP contribution in [0.2, 0.25) is 5.02 Å². The summed E-state index contributed by atoms with van der Waals surface area (Å²) in [7, 11) is 0. The van der Waals surface area contributed by atoms with Crippen LogP contribution in [0, 0.1) is 11.3 Å². The molecule has 0 saturated heterocycles. The molecule has 9 heteroatoms. The SMILES string of the molecule is N#CCCN(C(=O)COC(=O)CNC(=O)c1ccc(Oc2ccccc2)cc1)c1cccc(Cl)c1. The van der Waals surface area contributed by atoms with E-state index in [9.17, 15) is 14.4 Å². The monoisotopic (exact) mass is 491 g/mol. The normalized spacial score (nSPS) is 10.1. The van der Waals surface area contributed by atoms with E-state index in [1.54, 1.807) is 48.5 Å². The van der Waals surface area contributed by atoms with E-state index in [0.29, 0.717) is 27.8 Å². The first-order valence-electron chi connectivity index (χ1n) is 10.7. The number of amides is 2. The van der Waals surface area contributed by atoms with Crippen LogP contribution >= 0.6 is 11.6 Å². The second-order valence-corrected chi connectivity index (χ2v) is 7.65. The summed E-state index contributed by atoms with van der Waals surface area (Å²) in [6.07, 6.45) is 0.0947. The van der Waals surface area contributed by atoms with Crippen molar-refractivity contribution in [1.82, 2.24) is 5.32 Å². The molecule has 8 nitrogen and oxygen atoms in total. The molecule has 0 aromatic heterocycles. The second kappa shape index (κ2) is 12.8. The highest BCUT2D eigenvalue weighted by atomic mass is 35.5. The maximum absolute atomic E-state index is 12.6. The highest BCUT2D eigenvalue weighted by molar-refractivity contribution is 6.30. The van der Waals surface area contributed by atoms with Gasteiger partial charge in [0.1, 0.15) is 18.0 Å². The summed E-state index contributed by atoms with van der Waals surface area (Å²) in [6, 6.07) is 24.2. The van der Waals surface area contributed by atoms with Crippen molar-refractivity contribution in [3.8, 4) is 17.6 Å². The zero-order valence-electron chi connectivity index (χ0n) is 18.6. The van der Waals surface area contributed by atoms with Gasteiger partial charge in [-0.3, -0.25) is 14.4 Å². The minimum Gasteiger partial charge on any atom is -0.457 e. The van der Waals surface area contributed by atoms with Crippen molar-refractivity contribution >= 4 is 35.1 Å². The van der Waals surface area contributed by atoms with Gasteiger partial charge in [-0.25, -0.2) is 0 Å². The Hall–Kier alpha value is -4.35. The number of anilines is 1. The summed E-state index contributed by atoms with van der Waals surface area (Å²) in [4.78, 5) is 38.3. The van der Waals surface area contributed by atoms with Gasteiger partial charge in [0.2, 0.25) is 0 Å². The van der Waals surface area contributed by atoms with Gasteiger partial charge >= 0.3 is 5.97 Å². The van der Waals surface area contributed by atoms with Crippen molar-refractivity contribution in [2.45, 2.75) is 6.42 Å². The maximum Gasteiger partial charge on any atom is 0.325 e. The molecule has 0 heterocycles. The smallest absolute Gasteiger partial charge is 0.325 e. The number of carbonyl (C=O) groups excluding carboxylic acids is 3. The van der Waals surface area contributed by atoms with E-state index in [1.807, 2.05) is 36.4 Å². The van der Waals surface area contributed by atoms with Crippen LogP contribution in [-0.2, 0) is 14.3 Å². The number of hydrogen-bond donors (Lipinski definition) is 1. The minimum absolute atomic E-state index is 0.0947. The van der Waals surface area contributed by atoms with Gasteiger partial charge < -0.3 is 19.7 Å². The predicted octanol–water partition coefficient (Wildman–Crippen LogP) is 4.35. The van der Waals surface area contributed by atoms with Crippen molar-refractivity contribution in [1.29, 1.82) is 5.26 Å². The van der Waals surface area contributed by atoms with Gasteiger partial charge in [-0.1, -0.05) is 35.9 Å². The standard InChI is InChI=1S/C26H22ClN3O5/c27-20-6-4-7-21(16-20)30(15-5-14-28)24(31)18-34-25(32)17-29-26(33)19-10-12-23(13-11-19)35-22-8-2-1-3-9-22/h1-4,6-13,16H,5,15,17-18H2,(H,29,33). The summed E-state index contributed by atoms with van der Waals surface area (Å²) in [5.41, 5.74) is 0.819. The highest BCUT2D eigenvalue weighted by Gasteiger charge is 2.18. The quantitative estimate of drug-likeness (QED) is 0.422. The number of carbonyl (C=O) groups is 3. The number of halogens is 1. The first-order chi connectivity index (χ1) is 17.0. The molecule has 0 aliphatic heterocycles. The average Bonchev–Trinajstić information content (AvgIpc) is 2.87. The molecule has 0 radical (unpaired) electrons. The number of esters is 1. The molecule has 35 heavy (non-hydrogen) atoms. The van der Waals surface area contributed by atoms with Crippen molar-refractivity contribution in [3.05, 3.63) is 89.4 Å². The molecule has 3 aromatic carbocycles. The van der Waals surface area contributed by atoms with Crippen LogP contribution in [0.15, 0.2) is 78.9 Å². The van der Waals surface area contributed by atoms with Crippen LogP contribution < -0.4 is 15.0 Å².